The highest BCUT2D eigenvalue weighted by atomic mass is 15.0. The van der Waals surface area contributed by atoms with E-state index in [-0.39, 0.29) is 0 Å². The van der Waals surface area contributed by atoms with Crippen LogP contribution in [0.1, 0.15) is 18.2 Å². The topological polar surface area (TPSA) is 57.0 Å². The van der Waals surface area contributed by atoms with Crippen molar-refractivity contribution in [2.75, 3.05) is 0 Å². The van der Waals surface area contributed by atoms with Crippen LogP contribution in [0.2, 0.25) is 0 Å². The number of para-hydroxylation sites is 1. The molecule has 0 saturated carbocycles. The summed E-state index contributed by atoms with van der Waals surface area (Å²) in [6.45, 7) is 4.11. The summed E-state index contributed by atoms with van der Waals surface area (Å²) in [5.41, 5.74) is 28.0. The van der Waals surface area contributed by atoms with Crippen LogP contribution < -0.4 is 11.5 Å². The number of allylic oxidation sites excluding steroid dienone is 3. The van der Waals surface area contributed by atoms with Crippen LogP contribution in [0.25, 0.3) is 88.7 Å². The largest absolute Gasteiger partial charge is 0.397 e. The maximum atomic E-state index is 6.59. The van der Waals surface area contributed by atoms with Gasteiger partial charge in [0, 0.05) is 22.3 Å². The van der Waals surface area contributed by atoms with Crippen molar-refractivity contribution in [2.24, 2.45) is 11.5 Å². The molecule has 0 saturated heterocycles. The van der Waals surface area contributed by atoms with Crippen molar-refractivity contribution in [3.63, 3.8) is 0 Å². The van der Waals surface area contributed by atoms with Crippen LogP contribution in [-0.2, 0) is 0 Å². The SMILES string of the molecule is C\C=C/C=C(N)/C(N)=C/c1c(C)n(-c2ccccc2)c2ccc(-c3ccc(-c4c5ccccc5c(-c5ccc(-c6ccccc6)cc5)c5ccccc45)cc3)cc12. The van der Waals surface area contributed by atoms with E-state index < -0.39 is 0 Å². The Labute approximate surface area is 334 Å². The van der Waals surface area contributed by atoms with E-state index in [1.54, 1.807) is 0 Å². The van der Waals surface area contributed by atoms with E-state index in [0.29, 0.717) is 11.4 Å². The number of nitrogens with zero attached hydrogens (tertiary/aromatic N) is 1. The molecule has 0 bridgehead atoms. The van der Waals surface area contributed by atoms with E-state index in [1.807, 2.05) is 37.3 Å². The second-order valence-corrected chi connectivity index (χ2v) is 14.5. The van der Waals surface area contributed by atoms with Gasteiger partial charge in [-0.2, -0.15) is 0 Å². The second kappa shape index (κ2) is 15.1. The Morgan fingerprint density at radius 2 is 0.895 bits per heavy atom. The standard InChI is InChI=1S/C54H43N3/c1-3-4-23-50(55)51(56)35-48-36(2)57(43-17-9-6-10-18-43)52-33-32-42(34-49(48)52)39-26-30-41(31-27-39)54-46-21-13-11-19-44(46)53(45-20-12-14-22-47(45)54)40-28-24-38(25-29-40)37-15-7-5-8-16-37/h3-35H,55-56H2,1-2H3/b4-3-,50-23-,51-35-. The summed E-state index contributed by atoms with van der Waals surface area (Å²) >= 11 is 0. The molecule has 0 spiro atoms. The van der Waals surface area contributed by atoms with Gasteiger partial charge in [-0.15, -0.1) is 0 Å². The third-order valence-electron chi connectivity index (χ3n) is 11.1. The highest BCUT2D eigenvalue weighted by molar-refractivity contribution is 6.21. The lowest BCUT2D eigenvalue weighted by molar-refractivity contribution is 1.05. The zero-order chi connectivity index (χ0) is 38.9. The van der Waals surface area contributed by atoms with Crippen LogP contribution in [0, 0.1) is 6.92 Å². The fourth-order valence-electron chi connectivity index (χ4n) is 8.29. The third kappa shape index (κ3) is 6.49. The van der Waals surface area contributed by atoms with Crippen LogP contribution in [0.4, 0.5) is 0 Å². The van der Waals surface area contributed by atoms with E-state index >= 15 is 0 Å². The van der Waals surface area contributed by atoms with Crippen molar-refractivity contribution in [3.8, 4) is 50.2 Å². The summed E-state index contributed by atoms with van der Waals surface area (Å²) in [5.74, 6) is 0. The van der Waals surface area contributed by atoms with Gasteiger partial charge in [-0.25, -0.2) is 0 Å². The molecule has 0 aliphatic heterocycles. The molecule has 3 nitrogen and oxygen atoms in total. The fourth-order valence-corrected chi connectivity index (χ4v) is 8.29. The van der Waals surface area contributed by atoms with Crippen LogP contribution >= 0.6 is 0 Å². The Bertz CT molecular complexity index is 2940. The summed E-state index contributed by atoms with van der Waals surface area (Å²) in [6, 6.07) is 63.5. The highest BCUT2D eigenvalue weighted by Gasteiger charge is 2.18. The number of benzene rings is 8. The van der Waals surface area contributed by atoms with Gasteiger partial charge in [0.25, 0.3) is 0 Å². The average Bonchev–Trinajstić information content (AvgIpc) is 3.54. The number of rotatable bonds is 8. The molecule has 0 radical (unpaired) electrons. The molecule has 4 N–H and O–H groups in total. The number of hydrogen-bond donors (Lipinski definition) is 2. The fraction of sp³-hybridized carbons (Fsp3) is 0.0370. The van der Waals surface area contributed by atoms with Crippen molar-refractivity contribution < 1.29 is 0 Å². The minimum absolute atomic E-state index is 0.535. The van der Waals surface area contributed by atoms with Crippen LogP contribution in [0.15, 0.2) is 206 Å². The quantitative estimate of drug-likeness (QED) is 0.121. The predicted molar refractivity (Wildman–Crippen MR) is 244 cm³/mol. The van der Waals surface area contributed by atoms with E-state index in [4.69, 9.17) is 11.5 Å². The van der Waals surface area contributed by atoms with Crippen LogP contribution in [0.3, 0.4) is 0 Å². The lowest BCUT2D eigenvalue weighted by Gasteiger charge is -2.18. The first-order chi connectivity index (χ1) is 28.0. The molecule has 0 unspecified atom stereocenters. The van der Waals surface area contributed by atoms with Crippen molar-refractivity contribution in [1.82, 2.24) is 4.57 Å². The Morgan fingerprint density at radius 1 is 0.456 bits per heavy atom. The van der Waals surface area contributed by atoms with Crippen molar-refractivity contribution in [3.05, 3.63) is 217 Å². The molecular formula is C54H43N3. The summed E-state index contributed by atoms with van der Waals surface area (Å²) in [6.07, 6.45) is 7.70. The van der Waals surface area contributed by atoms with E-state index in [9.17, 15) is 0 Å². The van der Waals surface area contributed by atoms with Gasteiger partial charge in [-0.1, -0.05) is 164 Å². The molecule has 0 fully saturated rings. The monoisotopic (exact) mass is 733 g/mol. The first-order valence-corrected chi connectivity index (χ1v) is 19.5. The smallest absolute Gasteiger partial charge is 0.0554 e. The molecule has 0 aliphatic carbocycles. The van der Waals surface area contributed by atoms with Crippen LogP contribution in [-0.4, -0.2) is 4.57 Å². The van der Waals surface area contributed by atoms with Gasteiger partial charge >= 0.3 is 0 Å². The molecular weight excluding hydrogens is 691 g/mol. The first-order valence-electron chi connectivity index (χ1n) is 19.5. The number of hydrogen-bond acceptors (Lipinski definition) is 2. The Balaban J connectivity index is 1.15. The van der Waals surface area contributed by atoms with Crippen molar-refractivity contribution in [2.45, 2.75) is 13.8 Å². The Morgan fingerprint density at radius 3 is 1.42 bits per heavy atom. The molecule has 57 heavy (non-hydrogen) atoms. The molecule has 0 aliphatic rings. The van der Waals surface area contributed by atoms with Gasteiger partial charge in [-0.05, 0) is 116 Å². The maximum Gasteiger partial charge on any atom is 0.0554 e. The van der Waals surface area contributed by atoms with Gasteiger partial charge < -0.3 is 16.0 Å². The van der Waals surface area contributed by atoms with E-state index in [1.165, 1.54) is 54.9 Å². The molecule has 1 aromatic heterocycles. The van der Waals surface area contributed by atoms with E-state index in [2.05, 4.69) is 181 Å². The predicted octanol–water partition coefficient (Wildman–Crippen LogP) is 13.6. The second-order valence-electron chi connectivity index (χ2n) is 14.5. The molecule has 274 valence electrons. The van der Waals surface area contributed by atoms with Gasteiger partial charge in [0.05, 0.1) is 16.9 Å². The molecule has 1 heterocycles. The Kier molecular flexibility index (Phi) is 9.33. The van der Waals surface area contributed by atoms with Gasteiger partial charge in [0.2, 0.25) is 0 Å². The third-order valence-corrected chi connectivity index (χ3v) is 11.1. The zero-order valence-electron chi connectivity index (χ0n) is 32.2. The molecule has 8 aromatic carbocycles. The summed E-state index contributed by atoms with van der Waals surface area (Å²) in [7, 11) is 0. The first kappa shape index (κ1) is 35.3. The Hall–Kier alpha value is -7.36. The minimum Gasteiger partial charge on any atom is -0.397 e. The summed E-state index contributed by atoms with van der Waals surface area (Å²) < 4.78 is 2.30. The number of aromatic nitrogens is 1. The van der Waals surface area contributed by atoms with E-state index in [0.717, 1.165) is 39.0 Å². The average molecular weight is 734 g/mol. The molecule has 3 heteroatoms. The summed E-state index contributed by atoms with van der Waals surface area (Å²) in [5, 5.41) is 6.08. The number of nitrogens with two attached hydrogens (primary N) is 2. The van der Waals surface area contributed by atoms with Gasteiger partial charge in [0.15, 0.2) is 0 Å². The van der Waals surface area contributed by atoms with Crippen LogP contribution in [0.5, 0.6) is 0 Å². The van der Waals surface area contributed by atoms with Crippen molar-refractivity contribution >= 4 is 38.5 Å². The minimum atomic E-state index is 0.535. The highest BCUT2D eigenvalue weighted by Crippen LogP contribution is 2.44. The number of fused-ring (bicyclic) bond motifs is 3. The molecule has 0 atom stereocenters. The lowest BCUT2D eigenvalue weighted by Crippen LogP contribution is -2.08. The molecule has 9 aromatic rings. The normalized spacial score (nSPS) is 12.3. The summed E-state index contributed by atoms with van der Waals surface area (Å²) in [4.78, 5) is 0. The molecule has 0 amide bonds. The lowest BCUT2D eigenvalue weighted by atomic mass is 9.85. The zero-order valence-corrected chi connectivity index (χ0v) is 32.2. The van der Waals surface area contributed by atoms with Gasteiger partial charge in [-0.3, -0.25) is 0 Å². The molecule has 9 rings (SSSR count). The van der Waals surface area contributed by atoms with Gasteiger partial charge in [0.1, 0.15) is 0 Å². The van der Waals surface area contributed by atoms with Crippen molar-refractivity contribution in [1.29, 1.82) is 0 Å². The maximum absolute atomic E-state index is 6.59.